The lowest BCUT2D eigenvalue weighted by Crippen LogP contribution is -1.55. The van der Waals surface area contributed by atoms with Crippen LogP contribution in [0, 0.1) is 6.92 Å². The highest BCUT2D eigenvalue weighted by atomic mass is 32.5. The van der Waals surface area contributed by atoms with Crippen molar-refractivity contribution in [2.45, 2.75) is 6.92 Å². The van der Waals surface area contributed by atoms with E-state index >= 15 is 0 Å². The molecule has 0 unspecified atom stereocenters. The van der Waals surface area contributed by atoms with Crippen molar-refractivity contribution in [3.05, 3.63) is 28.9 Å². The van der Waals surface area contributed by atoms with Crippen LogP contribution in [0.3, 0.4) is 0 Å². The molecule has 0 aliphatic rings. The Morgan fingerprint density at radius 3 is 2.64 bits per heavy atom. The second-order valence-electron chi connectivity index (χ2n) is 2.29. The second-order valence-corrected chi connectivity index (χ2v) is 5.89. The van der Waals surface area contributed by atoms with Crippen LogP contribution in [-0.2, 0) is 0 Å². The summed E-state index contributed by atoms with van der Waals surface area (Å²) in [6, 6.07) is 6.58. The van der Waals surface area contributed by atoms with Gasteiger partial charge in [-0.1, -0.05) is 0 Å². The largest absolute Gasteiger partial charge is 0.140 e. The summed E-state index contributed by atoms with van der Waals surface area (Å²) in [6.45, 7) is 2.15. The highest BCUT2D eigenvalue weighted by Crippen LogP contribution is 2.34. The predicted octanol–water partition coefficient (Wildman–Crippen LogP) is 4.37. The zero-order valence-corrected chi connectivity index (χ0v) is 8.60. The van der Waals surface area contributed by atoms with Crippen molar-refractivity contribution >= 4 is 29.7 Å². The lowest BCUT2D eigenvalue weighted by atomic mass is 10.4. The molecule has 0 radical (unpaired) electrons. The van der Waals surface area contributed by atoms with Crippen molar-refractivity contribution < 1.29 is 0 Å². The molecule has 3 heteroatoms. The summed E-state index contributed by atoms with van der Waals surface area (Å²) in [5.74, 6) is 2.19. The Morgan fingerprint density at radius 1 is 1.18 bits per heavy atom. The van der Waals surface area contributed by atoms with Gasteiger partial charge in [-0.15, -0.1) is 22.3 Å². The zero-order valence-electron chi connectivity index (χ0n) is 6.07. The molecule has 2 rings (SSSR count). The van der Waals surface area contributed by atoms with Gasteiger partial charge in [-0.25, -0.2) is 0 Å². The van der Waals surface area contributed by atoms with E-state index in [2.05, 4.69) is 30.9 Å². The normalized spacial score (nSPS) is 11.0. The molecular weight excluding hydrogens is 191 g/mol. The standard InChI is InChI=1S/C8H7PS2/c1-6-2-3-7(10-6)8-4-5-9-11-8/h2-5H,1H3. The smallest absolute Gasteiger partial charge is 0.0492 e. The van der Waals surface area contributed by atoms with Crippen LogP contribution in [0.25, 0.3) is 9.75 Å². The van der Waals surface area contributed by atoms with Gasteiger partial charge in [0.25, 0.3) is 0 Å². The van der Waals surface area contributed by atoms with E-state index in [0.717, 1.165) is 0 Å². The topological polar surface area (TPSA) is 0 Å². The van der Waals surface area contributed by atoms with E-state index in [-0.39, 0.29) is 0 Å². The van der Waals surface area contributed by atoms with Crippen LogP contribution in [0.5, 0.6) is 0 Å². The fourth-order valence-corrected chi connectivity index (χ4v) is 4.09. The van der Waals surface area contributed by atoms with Gasteiger partial charge in [0.05, 0.1) is 0 Å². The summed E-state index contributed by atoms with van der Waals surface area (Å²) >= 11 is 1.87. The number of rotatable bonds is 1. The average molecular weight is 198 g/mol. The maximum atomic E-state index is 2.21. The third-order valence-electron chi connectivity index (χ3n) is 1.42. The van der Waals surface area contributed by atoms with Crippen LogP contribution in [0.1, 0.15) is 4.88 Å². The number of thiophene rings is 1. The summed E-state index contributed by atoms with van der Waals surface area (Å²) in [6.07, 6.45) is 0. The first kappa shape index (κ1) is 7.48. The van der Waals surface area contributed by atoms with E-state index in [1.54, 1.807) is 0 Å². The van der Waals surface area contributed by atoms with Gasteiger partial charge in [0.2, 0.25) is 0 Å². The molecule has 2 aromatic heterocycles. The Morgan fingerprint density at radius 2 is 2.09 bits per heavy atom. The molecule has 0 saturated heterocycles. The Kier molecular flexibility index (Phi) is 2.08. The van der Waals surface area contributed by atoms with Crippen molar-refractivity contribution in [1.29, 1.82) is 0 Å². The molecule has 0 spiro atoms. The Hall–Kier alpha value is -0.170. The van der Waals surface area contributed by atoms with Gasteiger partial charge in [-0.05, 0) is 38.3 Å². The minimum atomic E-state index is 1.36. The molecule has 0 N–H and O–H groups in total. The summed E-state index contributed by atoms with van der Waals surface area (Å²) in [4.78, 5) is 4.23. The molecular formula is C8H7PS2. The molecule has 0 nitrogen and oxygen atoms in total. The van der Waals surface area contributed by atoms with Crippen LogP contribution in [0.2, 0.25) is 0 Å². The predicted molar refractivity (Wildman–Crippen MR) is 54.9 cm³/mol. The fourth-order valence-electron chi connectivity index (χ4n) is 0.910. The number of aryl methyl sites for hydroxylation is 1. The first-order chi connectivity index (χ1) is 5.36. The molecule has 0 amide bonds. The van der Waals surface area contributed by atoms with Crippen molar-refractivity contribution in [3.63, 3.8) is 0 Å². The van der Waals surface area contributed by atoms with Crippen molar-refractivity contribution in [2.24, 2.45) is 0 Å². The van der Waals surface area contributed by atoms with Gasteiger partial charge in [-0.3, -0.25) is 0 Å². The molecule has 0 aliphatic heterocycles. The van der Waals surface area contributed by atoms with Gasteiger partial charge in [0, 0.05) is 14.6 Å². The Labute approximate surface area is 75.4 Å². The molecule has 0 atom stereocenters. The SMILES string of the molecule is Cc1ccc(-c2ccps2)s1. The lowest BCUT2D eigenvalue weighted by molar-refractivity contribution is 1.64. The quantitative estimate of drug-likeness (QED) is 0.638. The minimum Gasteiger partial charge on any atom is -0.140 e. The van der Waals surface area contributed by atoms with E-state index in [9.17, 15) is 0 Å². The maximum absolute atomic E-state index is 2.21. The molecule has 0 bridgehead atoms. The van der Waals surface area contributed by atoms with Crippen LogP contribution >= 0.6 is 29.7 Å². The van der Waals surface area contributed by atoms with Crippen LogP contribution in [0.4, 0.5) is 0 Å². The summed E-state index contributed by atoms with van der Waals surface area (Å²) in [7, 11) is 3.26. The van der Waals surface area contributed by atoms with Crippen molar-refractivity contribution in [1.82, 2.24) is 0 Å². The minimum absolute atomic E-state index is 1.36. The van der Waals surface area contributed by atoms with E-state index < -0.39 is 0 Å². The first-order valence-electron chi connectivity index (χ1n) is 3.34. The van der Waals surface area contributed by atoms with E-state index in [0.29, 0.717) is 0 Å². The fraction of sp³-hybridized carbons (Fsp3) is 0.125. The van der Waals surface area contributed by atoms with Crippen LogP contribution < -0.4 is 0 Å². The highest BCUT2D eigenvalue weighted by molar-refractivity contribution is 7.81. The van der Waals surface area contributed by atoms with E-state index in [4.69, 9.17) is 0 Å². The van der Waals surface area contributed by atoms with Crippen LogP contribution in [-0.4, -0.2) is 0 Å². The highest BCUT2D eigenvalue weighted by Gasteiger charge is 1.99. The van der Waals surface area contributed by atoms with Gasteiger partial charge >= 0.3 is 0 Å². The summed E-state index contributed by atoms with van der Waals surface area (Å²) in [5.41, 5.74) is 0. The van der Waals surface area contributed by atoms with Gasteiger partial charge in [-0.2, -0.15) is 0 Å². The third-order valence-corrected chi connectivity index (χ3v) is 4.78. The molecule has 2 heterocycles. The van der Waals surface area contributed by atoms with Crippen LogP contribution in [0.15, 0.2) is 24.0 Å². The number of hydrogen-bond donors (Lipinski definition) is 0. The van der Waals surface area contributed by atoms with Gasteiger partial charge in [0.1, 0.15) is 0 Å². The van der Waals surface area contributed by atoms with Crippen molar-refractivity contribution in [2.75, 3.05) is 0 Å². The lowest BCUT2D eigenvalue weighted by Gasteiger charge is -1.85. The average Bonchev–Trinajstić information content (AvgIpc) is 2.55. The molecule has 0 aromatic carbocycles. The first-order valence-corrected chi connectivity index (χ1v) is 6.54. The molecule has 2 aromatic rings. The summed E-state index contributed by atoms with van der Waals surface area (Å²) in [5, 5.41) is 0. The molecule has 11 heavy (non-hydrogen) atoms. The molecule has 0 fully saturated rings. The molecule has 0 saturated carbocycles. The maximum Gasteiger partial charge on any atom is 0.0492 e. The van der Waals surface area contributed by atoms with Gasteiger partial charge < -0.3 is 0 Å². The van der Waals surface area contributed by atoms with E-state index in [1.165, 1.54) is 22.0 Å². The summed E-state index contributed by atoms with van der Waals surface area (Å²) < 4.78 is 0. The third kappa shape index (κ3) is 1.53. The number of hydrogen-bond acceptors (Lipinski definition) is 2. The molecule has 56 valence electrons. The zero-order chi connectivity index (χ0) is 7.68. The van der Waals surface area contributed by atoms with Gasteiger partial charge in [0.15, 0.2) is 0 Å². The monoisotopic (exact) mass is 198 g/mol. The molecule has 0 aliphatic carbocycles. The Balaban J connectivity index is 2.45. The Bertz CT molecular complexity index is 335. The van der Waals surface area contributed by atoms with Crippen molar-refractivity contribution in [3.8, 4) is 9.75 Å². The van der Waals surface area contributed by atoms with E-state index in [1.807, 2.05) is 22.3 Å². The second kappa shape index (κ2) is 3.06.